The minimum Gasteiger partial charge on any atom is -0.463 e. The summed E-state index contributed by atoms with van der Waals surface area (Å²) in [5, 5.41) is 8.80. The molecule has 19 heavy (non-hydrogen) atoms. The number of aliphatic hydroxyl groups is 1. The van der Waals surface area contributed by atoms with E-state index in [9.17, 15) is 4.79 Å². The van der Waals surface area contributed by atoms with E-state index in [1.807, 2.05) is 12.2 Å². The van der Waals surface area contributed by atoms with E-state index in [4.69, 9.17) is 9.84 Å². The van der Waals surface area contributed by atoms with Gasteiger partial charge < -0.3 is 15.3 Å². The molecule has 2 heterocycles. The molecule has 6 heteroatoms. The summed E-state index contributed by atoms with van der Waals surface area (Å²) in [5.74, 6) is -0.000948. The van der Waals surface area contributed by atoms with Gasteiger partial charge in [0.15, 0.2) is 0 Å². The zero-order chi connectivity index (χ0) is 13.3. The predicted molar refractivity (Wildman–Crippen MR) is 69.2 cm³/mol. The molecule has 6 nitrogen and oxygen atoms in total. The summed E-state index contributed by atoms with van der Waals surface area (Å²) in [6.45, 7) is 1.11. The molecule has 3 aliphatic rings. The van der Waals surface area contributed by atoms with Crippen LogP contribution in [0.3, 0.4) is 0 Å². The lowest BCUT2D eigenvalue weighted by Crippen LogP contribution is -2.43. The highest BCUT2D eigenvalue weighted by atomic mass is 16.5. The number of carbonyl (C=O) groups excluding carboxylic acids is 1. The molecule has 0 aromatic carbocycles. The first-order valence-corrected chi connectivity index (χ1v) is 6.45. The topological polar surface area (TPSA) is 83.0 Å². The number of hydrazine groups is 1. The molecule has 0 bridgehead atoms. The smallest absolute Gasteiger partial charge is 0.318 e. The monoisotopic (exact) mass is 263 g/mol. The molecule has 1 aliphatic carbocycles. The summed E-state index contributed by atoms with van der Waals surface area (Å²) in [6, 6.07) is 0. The van der Waals surface area contributed by atoms with E-state index in [1.54, 1.807) is 6.21 Å². The zero-order valence-corrected chi connectivity index (χ0v) is 10.6. The fourth-order valence-electron chi connectivity index (χ4n) is 2.92. The number of aliphatic imine (C=N–C) groups is 1. The van der Waals surface area contributed by atoms with Crippen molar-refractivity contribution in [2.75, 3.05) is 26.3 Å². The maximum absolute atomic E-state index is 12.4. The molecule has 2 aliphatic heterocycles. The van der Waals surface area contributed by atoms with E-state index >= 15 is 0 Å². The van der Waals surface area contributed by atoms with Crippen molar-refractivity contribution < 1.29 is 14.6 Å². The van der Waals surface area contributed by atoms with Crippen molar-refractivity contribution in [3.63, 3.8) is 0 Å². The van der Waals surface area contributed by atoms with Crippen LogP contribution in [0, 0.1) is 11.3 Å². The van der Waals surface area contributed by atoms with E-state index < -0.39 is 5.41 Å². The van der Waals surface area contributed by atoms with Crippen LogP contribution in [0.5, 0.6) is 0 Å². The second kappa shape index (κ2) is 4.79. The number of nitrogens with zero attached hydrogens (tertiary/aromatic N) is 1. The van der Waals surface area contributed by atoms with Gasteiger partial charge in [-0.15, -0.1) is 0 Å². The van der Waals surface area contributed by atoms with E-state index in [0.717, 1.165) is 17.8 Å². The zero-order valence-electron chi connectivity index (χ0n) is 10.6. The molecular weight excluding hydrogens is 246 g/mol. The van der Waals surface area contributed by atoms with Gasteiger partial charge in [0.05, 0.1) is 13.2 Å². The average molecular weight is 263 g/mol. The number of fused-ring (bicyclic) bond motifs is 2. The van der Waals surface area contributed by atoms with Crippen LogP contribution in [-0.2, 0) is 9.53 Å². The van der Waals surface area contributed by atoms with Crippen LogP contribution in [0.4, 0.5) is 0 Å². The number of ether oxygens (including phenoxy) is 1. The fraction of sp³-hybridized carbons (Fsp3) is 0.538. The van der Waals surface area contributed by atoms with Crippen LogP contribution in [0.25, 0.3) is 0 Å². The molecule has 2 unspecified atom stereocenters. The number of aliphatic hydroxyl groups excluding tert-OH is 1. The number of carbonyl (C=O) groups is 1. The van der Waals surface area contributed by atoms with Gasteiger partial charge in [-0.25, -0.2) is 5.43 Å². The summed E-state index contributed by atoms with van der Waals surface area (Å²) in [4.78, 5) is 16.6. The van der Waals surface area contributed by atoms with Crippen LogP contribution in [0.1, 0.15) is 6.42 Å². The van der Waals surface area contributed by atoms with E-state index in [1.165, 1.54) is 0 Å². The molecule has 0 aromatic heterocycles. The molecule has 1 saturated heterocycles. The second-order valence-corrected chi connectivity index (χ2v) is 5.06. The summed E-state index contributed by atoms with van der Waals surface area (Å²) >= 11 is 0. The highest BCUT2D eigenvalue weighted by Gasteiger charge is 2.49. The molecule has 1 fully saturated rings. The maximum Gasteiger partial charge on any atom is 0.318 e. The number of allylic oxidation sites excluding steroid dienone is 2. The number of esters is 1. The molecule has 0 radical (unpaired) electrons. The van der Waals surface area contributed by atoms with Crippen LogP contribution < -0.4 is 10.9 Å². The van der Waals surface area contributed by atoms with Gasteiger partial charge in [-0.1, -0.05) is 0 Å². The van der Waals surface area contributed by atoms with Gasteiger partial charge in [-0.05, 0) is 24.1 Å². The first-order chi connectivity index (χ1) is 9.26. The lowest BCUT2D eigenvalue weighted by molar-refractivity contribution is -0.155. The quantitative estimate of drug-likeness (QED) is 0.600. The standard InChI is InChI=1S/C13H17N3O3/c17-3-4-19-12(18)13-6-9-7-15-16-11(9)5-10(13)1-2-14-8-13/h1-2,5,9,15-17H,3-4,6-8H2. The number of hydrogen-bond acceptors (Lipinski definition) is 6. The molecular formula is C13H17N3O3. The number of dihydropyridines is 1. The molecule has 3 N–H and O–H groups in total. The van der Waals surface area contributed by atoms with Crippen molar-refractivity contribution in [3.05, 3.63) is 23.4 Å². The Kier molecular flexibility index (Phi) is 3.12. The molecule has 0 amide bonds. The Morgan fingerprint density at radius 1 is 1.63 bits per heavy atom. The highest BCUT2D eigenvalue weighted by molar-refractivity contribution is 5.88. The van der Waals surface area contributed by atoms with Crippen molar-refractivity contribution in [1.29, 1.82) is 0 Å². The lowest BCUT2D eigenvalue weighted by Gasteiger charge is -2.38. The summed E-state index contributed by atoms with van der Waals surface area (Å²) in [6.07, 6.45) is 6.30. The van der Waals surface area contributed by atoms with Crippen molar-refractivity contribution in [2.24, 2.45) is 16.3 Å². The molecule has 0 saturated carbocycles. The van der Waals surface area contributed by atoms with Crippen LogP contribution in [-0.4, -0.2) is 43.6 Å². The average Bonchev–Trinajstić information content (AvgIpc) is 2.88. The van der Waals surface area contributed by atoms with E-state index in [-0.39, 0.29) is 25.1 Å². The Morgan fingerprint density at radius 2 is 2.53 bits per heavy atom. The minimum absolute atomic E-state index is 0.0370. The molecule has 3 rings (SSSR count). The van der Waals surface area contributed by atoms with Gasteiger partial charge in [-0.3, -0.25) is 9.79 Å². The Hall–Kier alpha value is -1.66. The minimum atomic E-state index is -0.689. The van der Waals surface area contributed by atoms with E-state index in [0.29, 0.717) is 13.0 Å². The van der Waals surface area contributed by atoms with Crippen LogP contribution in [0.2, 0.25) is 0 Å². The van der Waals surface area contributed by atoms with Gasteiger partial charge >= 0.3 is 5.97 Å². The molecule has 0 spiro atoms. The third kappa shape index (κ3) is 1.97. The van der Waals surface area contributed by atoms with Crippen molar-refractivity contribution in [2.45, 2.75) is 6.42 Å². The second-order valence-electron chi connectivity index (χ2n) is 5.06. The summed E-state index contributed by atoms with van der Waals surface area (Å²) in [5.41, 5.74) is 7.59. The van der Waals surface area contributed by atoms with E-state index in [2.05, 4.69) is 15.8 Å². The fourth-order valence-corrected chi connectivity index (χ4v) is 2.92. The first-order valence-electron chi connectivity index (χ1n) is 6.45. The van der Waals surface area contributed by atoms with Crippen molar-refractivity contribution >= 4 is 12.2 Å². The van der Waals surface area contributed by atoms with Crippen LogP contribution >= 0.6 is 0 Å². The normalized spacial score (nSPS) is 31.7. The molecule has 0 aromatic rings. The SMILES string of the molecule is O=C(OCCO)C12CN=CC=C1C=C1NNCC1C2. The predicted octanol–water partition coefficient (Wildman–Crippen LogP) is -0.469. The van der Waals surface area contributed by atoms with Crippen LogP contribution in [0.15, 0.2) is 28.4 Å². The van der Waals surface area contributed by atoms with Gasteiger partial charge in [-0.2, -0.15) is 0 Å². The van der Waals surface area contributed by atoms with Gasteiger partial charge in [0.25, 0.3) is 0 Å². The highest BCUT2D eigenvalue weighted by Crippen LogP contribution is 2.45. The number of nitrogens with one attached hydrogen (secondary N) is 2. The van der Waals surface area contributed by atoms with Gasteiger partial charge in [0.2, 0.25) is 0 Å². The largest absolute Gasteiger partial charge is 0.463 e. The molecule has 102 valence electrons. The summed E-state index contributed by atoms with van der Waals surface area (Å²) in [7, 11) is 0. The van der Waals surface area contributed by atoms with Crippen molar-refractivity contribution in [1.82, 2.24) is 10.9 Å². The Labute approximate surface area is 111 Å². The Morgan fingerprint density at radius 3 is 3.37 bits per heavy atom. The van der Waals surface area contributed by atoms with Gasteiger partial charge in [0, 0.05) is 24.4 Å². The third-order valence-electron chi connectivity index (χ3n) is 3.92. The molecule has 2 atom stereocenters. The Bertz CT molecular complexity index is 484. The number of hydrogen-bond donors (Lipinski definition) is 3. The van der Waals surface area contributed by atoms with Gasteiger partial charge in [0.1, 0.15) is 12.0 Å². The first kappa shape index (κ1) is 12.4. The summed E-state index contributed by atoms with van der Waals surface area (Å²) < 4.78 is 5.17. The Balaban J connectivity index is 1.92. The van der Waals surface area contributed by atoms with Crippen molar-refractivity contribution in [3.8, 4) is 0 Å². The maximum atomic E-state index is 12.4. The lowest BCUT2D eigenvalue weighted by atomic mass is 9.68. The number of rotatable bonds is 3. The third-order valence-corrected chi connectivity index (χ3v) is 3.92.